The van der Waals surface area contributed by atoms with Gasteiger partial charge < -0.3 is 25.4 Å². The number of amides is 1. The van der Waals surface area contributed by atoms with Gasteiger partial charge in [0.25, 0.3) is 0 Å². The number of thiocarbonyl (C=S) groups is 1. The highest BCUT2D eigenvalue weighted by atomic mass is 32.1. The third kappa shape index (κ3) is 3.77. The number of carbonyl (C=O) groups excluding carboxylic acids is 1. The molecule has 7 heteroatoms. The maximum absolute atomic E-state index is 11.5. The van der Waals surface area contributed by atoms with Crippen LogP contribution < -0.4 is 10.6 Å². The predicted molar refractivity (Wildman–Crippen MR) is 74.8 cm³/mol. The summed E-state index contributed by atoms with van der Waals surface area (Å²) in [6.45, 7) is 1.79. The van der Waals surface area contributed by atoms with E-state index in [0.717, 1.165) is 13.0 Å². The molecular weight excluding hydrogens is 266 g/mol. The number of nitrogens with one attached hydrogen (secondary N) is 2. The normalized spacial score (nSPS) is 31.4. The quantitative estimate of drug-likeness (QED) is 0.592. The average molecular weight is 287 g/mol. The van der Waals surface area contributed by atoms with Crippen LogP contribution >= 0.6 is 12.2 Å². The van der Waals surface area contributed by atoms with E-state index in [2.05, 4.69) is 10.6 Å². The molecule has 2 heterocycles. The minimum atomic E-state index is -0.511. The van der Waals surface area contributed by atoms with Gasteiger partial charge in [0.1, 0.15) is 0 Å². The van der Waals surface area contributed by atoms with Crippen LogP contribution in [0.2, 0.25) is 0 Å². The standard InChI is InChI=1S/C12H21N3O3S/c1-13-12(19)14-9-7-18-8(5-10(9)16)6-15-4-2-3-11(15)17/h8-10,16H,2-7H2,1H3,(H2,13,14,19)/t8?,9-,10?/m0/s1. The molecule has 3 N–H and O–H groups in total. The number of aliphatic hydroxyl groups excluding tert-OH is 1. The van der Waals surface area contributed by atoms with Crippen molar-refractivity contribution in [3.63, 3.8) is 0 Å². The van der Waals surface area contributed by atoms with Gasteiger partial charge in [0, 0.05) is 33.0 Å². The predicted octanol–water partition coefficient (Wildman–Crippen LogP) is -0.779. The number of aliphatic hydroxyl groups is 1. The van der Waals surface area contributed by atoms with E-state index in [-0.39, 0.29) is 18.1 Å². The van der Waals surface area contributed by atoms with Gasteiger partial charge in [-0.05, 0) is 18.6 Å². The monoisotopic (exact) mass is 287 g/mol. The van der Waals surface area contributed by atoms with Crippen LogP contribution in [0.1, 0.15) is 19.3 Å². The molecule has 108 valence electrons. The van der Waals surface area contributed by atoms with Gasteiger partial charge in [0.05, 0.1) is 24.9 Å². The van der Waals surface area contributed by atoms with Gasteiger partial charge in [0.2, 0.25) is 5.91 Å². The van der Waals surface area contributed by atoms with Crippen molar-refractivity contribution in [2.24, 2.45) is 0 Å². The Balaban J connectivity index is 1.79. The summed E-state index contributed by atoms with van der Waals surface area (Å²) in [7, 11) is 1.73. The molecule has 0 aromatic rings. The van der Waals surface area contributed by atoms with Crippen molar-refractivity contribution in [1.82, 2.24) is 15.5 Å². The number of hydrogen-bond donors (Lipinski definition) is 3. The Bertz CT molecular complexity index is 353. The molecule has 1 amide bonds. The first-order valence-electron chi connectivity index (χ1n) is 6.66. The van der Waals surface area contributed by atoms with Gasteiger partial charge in [-0.15, -0.1) is 0 Å². The molecule has 0 bridgehead atoms. The first-order chi connectivity index (χ1) is 9.10. The van der Waals surface area contributed by atoms with Crippen LogP contribution in [0, 0.1) is 0 Å². The van der Waals surface area contributed by atoms with E-state index in [1.165, 1.54) is 0 Å². The van der Waals surface area contributed by atoms with Crippen molar-refractivity contribution >= 4 is 23.2 Å². The fourth-order valence-corrected chi connectivity index (χ4v) is 2.65. The maximum Gasteiger partial charge on any atom is 0.222 e. The molecule has 3 atom stereocenters. The number of carbonyl (C=O) groups is 1. The van der Waals surface area contributed by atoms with Crippen molar-refractivity contribution in [3.8, 4) is 0 Å². The van der Waals surface area contributed by atoms with Crippen LogP contribution in [0.5, 0.6) is 0 Å². The lowest BCUT2D eigenvalue weighted by Crippen LogP contribution is -2.55. The Morgan fingerprint density at radius 1 is 1.63 bits per heavy atom. The third-order valence-corrected chi connectivity index (χ3v) is 3.94. The maximum atomic E-state index is 11.5. The lowest BCUT2D eigenvalue weighted by atomic mass is 10.0. The van der Waals surface area contributed by atoms with Crippen LogP contribution in [0.25, 0.3) is 0 Å². The molecular formula is C12H21N3O3S. The molecule has 2 unspecified atom stereocenters. The Hall–Kier alpha value is -0.920. The Kier molecular flexibility index (Phi) is 4.95. The summed E-state index contributed by atoms with van der Waals surface area (Å²) in [5, 5.41) is 16.4. The number of hydrogen-bond acceptors (Lipinski definition) is 4. The zero-order chi connectivity index (χ0) is 13.8. The second-order valence-electron chi connectivity index (χ2n) is 5.03. The Morgan fingerprint density at radius 3 is 3.00 bits per heavy atom. The van der Waals surface area contributed by atoms with Crippen molar-refractivity contribution < 1.29 is 14.6 Å². The summed E-state index contributed by atoms with van der Waals surface area (Å²) in [6.07, 6.45) is 1.49. The van der Waals surface area contributed by atoms with Crippen LogP contribution in [0.3, 0.4) is 0 Å². The number of likely N-dealkylation sites (tertiary alicyclic amines) is 1. The summed E-state index contributed by atoms with van der Waals surface area (Å²) >= 11 is 5.01. The average Bonchev–Trinajstić information content (AvgIpc) is 2.78. The van der Waals surface area contributed by atoms with Gasteiger partial charge in [-0.25, -0.2) is 0 Å². The summed E-state index contributed by atoms with van der Waals surface area (Å²) in [4.78, 5) is 13.4. The van der Waals surface area contributed by atoms with Gasteiger partial charge in [-0.1, -0.05) is 0 Å². The zero-order valence-electron chi connectivity index (χ0n) is 11.1. The van der Waals surface area contributed by atoms with E-state index >= 15 is 0 Å². The molecule has 6 nitrogen and oxygen atoms in total. The smallest absolute Gasteiger partial charge is 0.222 e. The van der Waals surface area contributed by atoms with Gasteiger partial charge in [-0.3, -0.25) is 4.79 Å². The first kappa shape index (κ1) is 14.5. The first-order valence-corrected chi connectivity index (χ1v) is 7.06. The highest BCUT2D eigenvalue weighted by Gasteiger charge is 2.32. The number of ether oxygens (including phenoxy) is 1. The van der Waals surface area contributed by atoms with Crippen LogP contribution in [-0.4, -0.2) is 66.0 Å². The molecule has 2 fully saturated rings. The van der Waals surface area contributed by atoms with Crippen molar-refractivity contribution in [2.75, 3.05) is 26.7 Å². The summed E-state index contributed by atoms with van der Waals surface area (Å²) in [6, 6.07) is -0.189. The van der Waals surface area contributed by atoms with E-state index in [9.17, 15) is 9.90 Å². The molecule has 0 aliphatic carbocycles. The topological polar surface area (TPSA) is 73.8 Å². The minimum Gasteiger partial charge on any atom is -0.391 e. The summed E-state index contributed by atoms with van der Waals surface area (Å²) < 4.78 is 5.71. The molecule has 0 saturated carbocycles. The largest absolute Gasteiger partial charge is 0.391 e. The molecule has 2 aliphatic heterocycles. The number of rotatable bonds is 3. The lowest BCUT2D eigenvalue weighted by molar-refractivity contribution is -0.131. The molecule has 0 aromatic carbocycles. The van der Waals surface area contributed by atoms with Crippen molar-refractivity contribution in [1.29, 1.82) is 0 Å². The van der Waals surface area contributed by atoms with E-state index in [1.54, 1.807) is 7.05 Å². The fourth-order valence-electron chi connectivity index (χ4n) is 2.50. The molecule has 0 spiro atoms. The Morgan fingerprint density at radius 2 is 2.42 bits per heavy atom. The molecule has 2 aliphatic rings. The molecule has 2 rings (SSSR count). The molecule has 19 heavy (non-hydrogen) atoms. The Labute approximate surface area is 118 Å². The highest BCUT2D eigenvalue weighted by molar-refractivity contribution is 7.80. The number of nitrogens with zero attached hydrogens (tertiary/aromatic N) is 1. The van der Waals surface area contributed by atoms with Crippen molar-refractivity contribution in [3.05, 3.63) is 0 Å². The van der Waals surface area contributed by atoms with E-state index in [4.69, 9.17) is 17.0 Å². The van der Waals surface area contributed by atoms with Crippen LogP contribution in [0.4, 0.5) is 0 Å². The highest BCUT2D eigenvalue weighted by Crippen LogP contribution is 2.18. The van der Waals surface area contributed by atoms with Crippen LogP contribution in [0.15, 0.2) is 0 Å². The third-order valence-electron chi connectivity index (χ3n) is 3.62. The van der Waals surface area contributed by atoms with Gasteiger partial charge in [0.15, 0.2) is 5.11 Å². The van der Waals surface area contributed by atoms with E-state index < -0.39 is 6.10 Å². The molecule has 0 aromatic heterocycles. The van der Waals surface area contributed by atoms with Gasteiger partial charge >= 0.3 is 0 Å². The van der Waals surface area contributed by atoms with Gasteiger partial charge in [-0.2, -0.15) is 0 Å². The summed E-state index contributed by atoms with van der Waals surface area (Å²) in [5.74, 6) is 0.190. The van der Waals surface area contributed by atoms with Crippen LogP contribution in [-0.2, 0) is 9.53 Å². The molecule has 2 saturated heterocycles. The fraction of sp³-hybridized carbons (Fsp3) is 0.833. The second kappa shape index (κ2) is 6.49. The van der Waals surface area contributed by atoms with E-state index in [0.29, 0.717) is 31.1 Å². The second-order valence-corrected chi connectivity index (χ2v) is 5.44. The SMILES string of the molecule is CNC(=S)N[C@H]1COC(CN2CCCC2=O)CC1O. The van der Waals surface area contributed by atoms with Crippen molar-refractivity contribution in [2.45, 2.75) is 37.5 Å². The summed E-state index contributed by atoms with van der Waals surface area (Å²) in [5.41, 5.74) is 0. The zero-order valence-corrected chi connectivity index (χ0v) is 11.9. The molecule has 0 radical (unpaired) electrons. The minimum absolute atomic E-state index is 0.0849. The lowest BCUT2D eigenvalue weighted by Gasteiger charge is -2.35. The van der Waals surface area contributed by atoms with E-state index in [1.807, 2.05) is 4.90 Å².